The van der Waals surface area contributed by atoms with Gasteiger partial charge in [0, 0.05) is 42.3 Å². The third-order valence-corrected chi connectivity index (χ3v) is 6.79. The molecule has 0 amide bonds. The second-order valence-corrected chi connectivity index (χ2v) is 8.85. The van der Waals surface area contributed by atoms with E-state index in [1.165, 1.54) is 0 Å². The first kappa shape index (κ1) is 18.6. The van der Waals surface area contributed by atoms with E-state index in [1.807, 2.05) is 53.2 Å². The predicted molar refractivity (Wildman–Crippen MR) is 124 cm³/mol. The van der Waals surface area contributed by atoms with E-state index in [4.69, 9.17) is 4.98 Å². The number of piperidine rings is 1. The van der Waals surface area contributed by atoms with E-state index in [9.17, 15) is 9.90 Å². The average Bonchev–Trinajstić information content (AvgIpc) is 3.59. The number of nitrogens with zero attached hydrogens (tertiary/aromatic N) is 3. The van der Waals surface area contributed by atoms with Crippen molar-refractivity contribution in [3.63, 3.8) is 0 Å². The van der Waals surface area contributed by atoms with E-state index in [0.29, 0.717) is 6.54 Å². The van der Waals surface area contributed by atoms with E-state index in [-0.39, 0.29) is 23.6 Å². The van der Waals surface area contributed by atoms with Crippen LogP contribution in [0.4, 0.5) is 5.69 Å². The smallest absolute Gasteiger partial charge is 0.260 e. The van der Waals surface area contributed by atoms with Gasteiger partial charge >= 0.3 is 0 Å². The van der Waals surface area contributed by atoms with Crippen LogP contribution in [0.2, 0.25) is 0 Å². The third kappa shape index (κ3) is 3.20. The first-order chi connectivity index (χ1) is 15.2. The molecule has 5 nitrogen and oxygen atoms in total. The van der Waals surface area contributed by atoms with Gasteiger partial charge in [0.15, 0.2) is 0 Å². The number of aromatic nitrogens is 2. The molecule has 0 bridgehead atoms. The van der Waals surface area contributed by atoms with Crippen molar-refractivity contribution >= 4 is 27.4 Å². The Labute approximate surface area is 180 Å². The summed E-state index contributed by atoms with van der Waals surface area (Å²) < 4.78 is 1.90. The zero-order valence-corrected chi connectivity index (χ0v) is 17.3. The fourth-order valence-corrected chi connectivity index (χ4v) is 5.08. The molecule has 4 aromatic rings. The summed E-state index contributed by atoms with van der Waals surface area (Å²) in [7, 11) is 0. The monoisotopic (exact) mass is 411 g/mol. The van der Waals surface area contributed by atoms with E-state index in [2.05, 4.69) is 23.1 Å². The van der Waals surface area contributed by atoms with Crippen LogP contribution in [0.25, 0.3) is 21.7 Å². The number of hydrogen-bond donors (Lipinski definition) is 1. The molecule has 1 N–H and O–H groups in total. The number of rotatable bonds is 3. The number of anilines is 1. The zero-order valence-electron chi connectivity index (χ0n) is 17.3. The lowest BCUT2D eigenvalue weighted by Crippen LogP contribution is -2.39. The summed E-state index contributed by atoms with van der Waals surface area (Å²) >= 11 is 0. The molecule has 0 radical (unpaired) electrons. The van der Waals surface area contributed by atoms with Gasteiger partial charge in [0.2, 0.25) is 0 Å². The van der Waals surface area contributed by atoms with Gasteiger partial charge in [-0.15, -0.1) is 0 Å². The topological polar surface area (TPSA) is 58.4 Å². The Kier molecular flexibility index (Phi) is 4.32. The first-order valence-electron chi connectivity index (χ1n) is 11.1. The first-order valence-corrected chi connectivity index (χ1v) is 11.1. The molecule has 3 heterocycles. The highest BCUT2D eigenvalue weighted by molar-refractivity contribution is 5.93. The van der Waals surface area contributed by atoms with Crippen LogP contribution in [0, 0.1) is 0 Å². The largest absolute Gasteiger partial charge is 0.391 e. The lowest BCUT2D eigenvalue weighted by molar-refractivity contribution is 0.154. The summed E-state index contributed by atoms with van der Waals surface area (Å²) in [5.74, 6) is 0.267. The molecule has 2 aromatic carbocycles. The minimum atomic E-state index is -0.332. The molecule has 5 heteroatoms. The zero-order chi connectivity index (χ0) is 20.9. The van der Waals surface area contributed by atoms with Crippen molar-refractivity contribution in [3.8, 4) is 0 Å². The fraction of sp³-hybridized carbons (Fsp3) is 0.308. The molecule has 0 unspecified atom stereocenters. The quantitative estimate of drug-likeness (QED) is 0.548. The molecule has 2 aromatic heterocycles. The van der Waals surface area contributed by atoms with Gasteiger partial charge in [0.1, 0.15) is 0 Å². The third-order valence-electron chi connectivity index (χ3n) is 6.79. The van der Waals surface area contributed by atoms with Crippen molar-refractivity contribution in [2.45, 2.75) is 37.3 Å². The van der Waals surface area contributed by atoms with Crippen molar-refractivity contribution in [1.82, 2.24) is 9.55 Å². The second-order valence-electron chi connectivity index (χ2n) is 8.85. The van der Waals surface area contributed by atoms with Crippen LogP contribution in [-0.2, 0) is 0 Å². The molecule has 2 aliphatic rings. The number of aliphatic hydroxyl groups is 1. The molecule has 1 saturated carbocycles. The Hall–Kier alpha value is -3.18. The Balaban J connectivity index is 1.38. The van der Waals surface area contributed by atoms with E-state index in [0.717, 1.165) is 58.9 Å². The van der Waals surface area contributed by atoms with Crippen molar-refractivity contribution < 1.29 is 5.11 Å². The van der Waals surface area contributed by atoms with Gasteiger partial charge in [-0.1, -0.05) is 36.4 Å². The summed E-state index contributed by atoms with van der Waals surface area (Å²) in [5.41, 5.74) is 3.06. The van der Waals surface area contributed by atoms with E-state index in [1.54, 1.807) is 0 Å². The number of para-hydroxylation sites is 1. The molecule has 3 atom stereocenters. The molecule has 1 aliphatic carbocycles. The Morgan fingerprint density at radius 3 is 2.74 bits per heavy atom. The van der Waals surface area contributed by atoms with Crippen molar-refractivity contribution in [2.24, 2.45) is 0 Å². The minimum absolute atomic E-state index is 0.0569. The standard InChI is InChI=1S/C26H25N3O2/c30-19-7-4-13-28(16-19)23-9-3-6-18-12-14-29(26(31)25(18)23)24-15-20(24)22-11-10-17-5-1-2-8-21(17)27-22/h1-3,5-6,8-12,14,19-20,24,30H,4,7,13,15-16H2/t19-,20-,24+/m0/s1. The fourth-order valence-electron chi connectivity index (χ4n) is 5.08. The van der Waals surface area contributed by atoms with Crippen LogP contribution in [0.3, 0.4) is 0 Å². The Bertz CT molecular complexity index is 1350. The average molecular weight is 412 g/mol. The number of benzene rings is 2. The van der Waals surface area contributed by atoms with Crippen LogP contribution in [-0.4, -0.2) is 33.9 Å². The maximum Gasteiger partial charge on any atom is 0.260 e. The Morgan fingerprint density at radius 2 is 1.84 bits per heavy atom. The normalized spacial score (nSPS) is 23.4. The highest BCUT2D eigenvalue weighted by atomic mass is 16.3. The van der Waals surface area contributed by atoms with Crippen molar-refractivity contribution in [3.05, 3.63) is 82.9 Å². The molecule has 156 valence electrons. The van der Waals surface area contributed by atoms with Crippen molar-refractivity contribution in [2.75, 3.05) is 18.0 Å². The number of aliphatic hydroxyl groups excluding tert-OH is 1. The van der Waals surface area contributed by atoms with Gasteiger partial charge in [0.25, 0.3) is 5.56 Å². The van der Waals surface area contributed by atoms with Crippen LogP contribution in [0.15, 0.2) is 71.7 Å². The van der Waals surface area contributed by atoms with Gasteiger partial charge in [-0.05, 0) is 48.9 Å². The van der Waals surface area contributed by atoms with Gasteiger partial charge in [0.05, 0.1) is 22.7 Å². The molecule has 1 aliphatic heterocycles. The van der Waals surface area contributed by atoms with Crippen LogP contribution >= 0.6 is 0 Å². The van der Waals surface area contributed by atoms with Gasteiger partial charge in [-0.2, -0.15) is 0 Å². The molecule has 0 spiro atoms. The predicted octanol–water partition coefficient (Wildman–Crippen LogP) is 4.24. The summed E-state index contributed by atoms with van der Waals surface area (Å²) in [6.45, 7) is 1.46. The van der Waals surface area contributed by atoms with Crippen LogP contribution in [0.1, 0.15) is 36.9 Å². The molecule has 6 rings (SSSR count). The highest BCUT2D eigenvalue weighted by Crippen LogP contribution is 2.50. The maximum absolute atomic E-state index is 13.6. The highest BCUT2D eigenvalue weighted by Gasteiger charge is 2.41. The SMILES string of the molecule is O=c1c2c(N3CCC[C@H](O)C3)cccc2ccn1[C@@H]1C[C@H]1c1ccc2ccccc2n1. The number of β-amino-alcohol motifs (C(OH)–C–C–N with tert-alkyl or cyclic N) is 1. The van der Waals surface area contributed by atoms with Gasteiger partial charge in [-0.3, -0.25) is 9.78 Å². The number of hydrogen-bond acceptors (Lipinski definition) is 4. The van der Waals surface area contributed by atoms with Crippen LogP contribution in [0.5, 0.6) is 0 Å². The number of pyridine rings is 2. The molecule has 31 heavy (non-hydrogen) atoms. The van der Waals surface area contributed by atoms with Crippen LogP contribution < -0.4 is 10.5 Å². The van der Waals surface area contributed by atoms with Gasteiger partial charge < -0.3 is 14.6 Å². The summed E-state index contributed by atoms with van der Waals surface area (Å²) in [6, 6.07) is 20.6. The number of fused-ring (bicyclic) bond motifs is 2. The minimum Gasteiger partial charge on any atom is -0.391 e. The van der Waals surface area contributed by atoms with Crippen molar-refractivity contribution in [1.29, 1.82) is 0 Å². The Morgan fingerprint density at radius 1 is 0.968 bits per heavy atom. The molecule has 2 fully saturated rings. The lowest BCUT2D eigenvalue weighted by Gasteiger charge is -2.32. The summed E-state index contributed by atoms with van der Waals surface area (Å²) in [6.07, 6.45) is 4.30. The molecule has 1 saturated heterocycles. The maximum atomic E-state index is 13.6. The second kappa shape index (κ2) is 7.20. The lowest BCUT2D eigenvalue weighted by atomic mass is 10.0. The summed E-state index contributed by atoms with van der Waals surface area (Å²) in [4.78, 5) is 20.6. The molecular formula is C26H25N3O2. The summed E-state index contributed by atoms with van der Waals surface area (Å²) in [5, 5.41) is 13.0. The van der Waals surface area contributed by atoms with E-state index < -0.39 is 0 Å². The van der Waals surface area contributed by atoms with E-state index >= 15 is 0 Å². The molecular weight excluding hydrogens is 386 g/mol. The van der Waals surface area contributed by atoms with Gasteiger partial charge in [-0.25, -0.2) is 0 Å².